The molecule has 2 rings (SSSR count). The standard InChI is InChI=1S/C18H21Cl2NO3S/c1-24-21-14(11-22)9-13-3-2-12(8-18(13)23)6-7-25-15-4-5-16(19)17(20)10-15/h3-5,10-12,14,21H,2,6-9H2,1H3. The molecule has 1 aliphatic carbocycles. The number of benzene rings is 1. The van der Waals surface area contributed by atoms with Crippen LogP contribution in [0.15, 0.2) is 34.7 Å². The van der Waals surface area contributed by atoms with E-state index in [9.17, 15) is 9.59 Å². The summed E-state index contributed by atoms with van der Waals surface area (Å²) < 4.78 is 0. The van der Waals surface area contributed by atoms with E-state index >= 15 is 0 Å². The number of carbonyl (C=O) groups is 2. The van der Waals surface area contributed by atoms with E-state index in [2.05, 4.69) is 5.48 Å². The molecule has 1 aromatic carbocycles. The van der Waals surface area contributed by atoms with Gasteiger partial charge in [-0.3, -0.25) is 4.79 Å². The highest BCUT2D eigenvalue weighted by Gasteiger charge is 2.23. The zero-order valence-electron chi connectivity index (χ0n) is 14.0. The van der Waals surface area contributed by atoms with Crippen molar-refractivity contribution in [3.63, 3.8) is 0 Å². The van der Waals surface area contributed by atoms with Crippen LogP contribution in [-0.4, -0.2) is 31.0 Å². The lowest BCUT2D eigenvalue weighted by Crippen LogP contribution is -2.31. The Kier molecular flexibility index (Phi) is 8.46. The number of allylic oxidation sites excluding steroid dienone is 1. The highest BCUT2D eigenvalue weighted by molar-refractivity contribution is 7.99. The van der Waals surface area contributed by atoms with Crippen LogP contribution in [-0.2, 0) is 14.4 Å². The van der Waals surface area contributed by atoms with Gasteiger partial charge in [-0.25, -0.2) is 0 Å². The number of aldehydes is 1. The van der Waals surface area contributed by atoms with Crippen LogP contribution < -0.4 is 5.48 Å². The van der Waals surface area contributed by atoms with Crippen molar-refractivity contribution in [2.75, 3.05) is 12.9 Å². The summed E-state index contributed by atoms with van der Waals surface area (Å²) in [5.74, 6) is 1.39. The van der Waals surface area contributed by atoms with Gasteiger partial charge in [-0.2, -0.15) is 5.48 Å². The van der Waals surface area contributed by atoms with Crippen LogP contribution >= 0.6 is 35.0 Å². The van der Waals surface area contributed by atoms with Gasteiger partial charge >= 0.3 is 0 Å². The van der Waals surface area contributed by atoms with E-state index in [1.807, 2.05) is 18.2 Å². The van der Waals surface area contributed by atoms with Crippen molar-refractivity contribution in [1.82, 2.24) is 5.48 Å². The van der Waals surface area contributed by atoms with E-state index in [1.54, 1.807) is 17.8 Å². The van der Waals surface area contributed by atoms with Crippen LogP contribution in [0.4, 0.5) is 0 Å². The summed E-state index contributed by atoms with van der Waals surface area (Å²) in [6, 6.07) is 5.12. The van der Waals surface area contributed by atoms with Gasteiger partial charge in [0.15, 0.2) is 5.78 Å². The Balaban J connectivity index is 1.80. The van der Waals surface area contributed by atoms with Crippen LogP contribution in [0, 0.1) is 5.92 Å². The molecule has 1 N–H and O–H groups in total. The zero-order chi connectivity index (χ0) is 18.2. The molecule has 4 nitrogen and oxygen atoms in total. The Morgan fingerprint density at radius 1 is 1.40 bits per heavy atom. The molecule has 0 aromatic heterocycles. The molecule has 0 saturated heterocycles. The van der Waals surface area contributed by atoms with Gasteiger partial charge in [0, 0.05) is 11.3 Å². The van der Waals surface area contributed by atoms with Gasteiger partial charge in [-0.15, -0.1) is 11.8 Å². The monoisotopic (exact) mass is 401 g/mol. The smallest absolute Gasteiger partial charge is 0.158 e. The largest absolute Gasteiger partial charge is 0.304 e. The molecule has 0 radical (unpaired) electrons. The van der Waals surface area contributed by atoms with Crippen LogP contribution in [0.5, 0.6) is 0 Å². The van der Waals surface area contributed by atoms with Gasteiger partial charge in [0.25, 0.3) is 0 Å². The van der Waals surface area contributed by atoms with Crippen molar-refractivity contribution in [3.05, 3.63) is 39.9 Å². The Morgan fingerprint density at radius 3 is 2.84 bits per heavy atom. The van der Waals surface area contributed by atoms with Crippen molar-refractivity contribution < 1.29 is 14.4 Å². The average Bonchev–Trinajstić information content (AvgIpc) is 2.59. The van der Waals surface area contributed by atoms with Crippen LogP contribution in [0.1, 0.15) is 25.7 Å². The molecule has 0 amide bonds. The molecule has 7 heteroatoms. The number of hydrogen-bond donors (Lipinski definition) is 1. The van der Waals surface area contributed by atoms with E-state index in [-0.39, 0.29) is 5.78 Å². The summed E-state index contributed by atoms with van der Waals surface area (Å²) in [4.78, 5) is 29.1. The third-order valence-corrected chi connectivity index (χ3v) is 5.86. The van der Waals surface area contributed by atoms with Gasteiger partial charge in [0.1, 0.15) is 6.29 Å². The molecule has 2 atom stereocenters. The van der Waals surface area contributed by atoms with Crippen molar-refractivity contribution in [3.8, 4) is 0 Å². The SMILES string of the molecule is CONC(C=O)CC1=CCC(CCSc2ccc(Cl)c(Cl)c2)CC1=O. The van der Waals surface area contributed by atoms with E-state index in [4.69, 9.17) is 28.0 Å². The van der Waals surface area contributed by atoms with Crippen molar-refractivity contribution in [1.29, 1.82) is 0 Å². The number of ketones is 1. The van der Waals surface area contributed by atoms with Crippen LogP contribution in [0.2, 0.25) is 10.0 Å². The molecule has 1 aliphatic rings. The number of halogens is 2. The number of Topliss-reactive ketones (excluding diaryl/α,β-unsaturated/α-hetero) is 1. The number of carbonyl (C=O) groups excluding carboxylic acids is 2. The second-order valence-electron chi connectivity index (χ2n) is 5.94. The Hall–Kier alpha value is -0.850. The lowest BCUT2D eigenvalue weighted by Gasteiger charge is -2.22. The summed E-state index contributed by atoms with van der Waals surface area (Å²) in [5.41, 5.74) is 3.31. The Morgan fingerprint density at radius 2 is 2.20 bits per heavy atom. The number of thioether (sulfide) groups is 1. The lowest BCUT2D eigenvalue weighted by molar-refractivity contribution is -0.117. The first-order valence-electron chi connectivity index (χ1n) is 8.07. The molecule has 2 unspecified atom stereocenters. The lowest BCUT2D eigenvalue weighted by atomic mass is 9.85. The van der Waals surface area contributed by atoms with Gasteiger partial charge in [0.2, 0.25) is 0 Å². The fraction of sp³-hybridized carbons (Fsp3) is 0.444. The average molecular weight is 402 g/mol. The molecule has 136 valence electrons. The van der Waals surface area contributed by atoms with Gasteiger partial charge in [-0.1, -0.05) is 29.3 Å². The number of rotatable bonds is 9. The first kappa shape index (κ1) is 20.5. The van der Waals surface area contributed by atoms with E-state index in [1.165, 1.54) is 7.11 Å². The third kappa shape index (κ3) is 6.42. The van der Waals surface area contributed by atoms with Crippen molar-refractivity contribution in [2.24, 2.45) is 5.92 Å². The maximum Gasteiger partial charge on any atom is 0.158 e. The molecular weight excluding hydrogens is 381 g/mol. The molecule has 0 heterocycles. The third-order valence-electron chi connectivity index (χ3n) is 4.09. The van der Waals surface area contributed by atoms with E-state index < -0.39 is 6.04 Å². The number of hydroxylamine groups is 1. The summed E-state index contributed by atoms with van der Waals surface area (Å²) in [7, 11) is 1.45. The zero-order valence-corrected chi connectivity index (χ0v) is 16.3. The first-order valence-corrected chi connectivity index (χ1v) is 9.81. The van der Waals surface area contributed by atoms with Crippen molar-refractivity contribution >= 4 is 47.0 Å². The fourth-order valence-electron chi connectivity index (χ4n) is 2.73. The molecule has 0 saturated carbocycles. The molecule has 0 fully saturated rings. The summed E-state index contributed by atoms with van der Waals surface area (Å²) in [6.07, 6.45) is 5.45. The second-order valence-corrected chi connectivity index (χ2v) is 7.92. The maximum atomic E-state index is 12.3. The number of hydrogen-bond acceptors (Lipinski definition) is 5. The summed E-state index contributed by atoms with van der Waals surface area (Å²) in [5, 5.41) is 1.11. The maximum absolute atomic E-state index is 12.3. The van der Waals surface area contributed by atoms with Gasteiger partial charge in [0.05, 0.1) is 23.2 Å². The first-order chi connectivity index (χ1) is 12.0. The molecule has 0 spiro atoms. The normalized spacial score (nSPS) is 18.8. The fourth-order valence-corrected chi connectivity index (χ4v) is 4.15. The van der Waals surface area contributed by atoms with Crippen LogP contribution in [0.3, 0.4) is 0 Å². The topological polar surface area (TPSA) is 55.4 Å². The molecular formula is C18H21Cl2NO3S. The highest BCUT2D eigenvalue weighted by atomic mass is 35.5. The second kappa shape index (κ2) is 10.3. The number of nitrogens with one attached hydrogen (secondary N) is 1. The quantitative estimate of drug-likeness (QED) is 0.375. The van der Waals surface area contributed by atoms with Crippen molar-refractivity contribution in [2.45, 2.75) is 36.6 Å². The van der Waals surface area contributed by atoms with Crippen LogP contribution in [0.25, 0.3) is 0 Å². The Bertz CT molecular complexity index is 651. The summed E-state index contributed by atoms with van der Waals surface area (Å²) >= 11 is 13.6. The van der Waals surface area contributed by atoms with E-state index in [0.29, 0.717) is 28.8 Å². The molecule has 0 aliphatic heterocycles. The minimum Gasteiger partial charge on any atom is -0.304 e. The summed E-state index contributed by atoms with van der Waals surface area (Å²) in [6.45, 7) is 0. The minimum atomic E-state index is -0.484. The molecule has 0 bridgehead atoms. The predicted octanol–water partition coefficient (Wildman–Crippen LogP) is 4.49. The van der Waals surface area contributed by atoms with Gasteiger partial charge < -0.3 is 9.63 Å². The highest BCUT2D eigenvalue weighted by Crippen LogP contribution is 2.31. The van der Waals surface area contributed by atoms with E-state index in [0.717, 1.165) is 35.3 Å². The van der Waals surface area contributed by atoms with Gasteiger partial charge in [-0.05, 0) is 54.7 Å². The predicted molar refractivity (Wildman–Crippen MR) is 102 cm³/mol. The minimum absolute atomic E-state index is 0.126. The molecule has 1 aromatic rings. The Labute approximate surface area is 162 Å². The molecule has 25 heavy (non-hydrogen) atoms.